The van der Waals surface area contributed by atoms with Crippen LogP contribution in [0.3, 0.4) is 0 Å². The van der Waals surface area contributed by atoms with E-state index in [0.29, 0.717) is 11.3 Å². The number of carbonyl (C=O) groups is 2. The van der Waals surface area contributed by atoms with Gasteiger partial charge in [0.1, 0.15) is 48.5 Å². The van der Waals surface area contributed by atoms with Gasteiger partial charge in [-0.05, 0) is 37.6 Å². The highest BCUT2D eigenvalue weighted by molar-refractivity contribution is 5.87. The normalized spacial score (nSPS) is 40.6. The van der Waals surface area contributed by atoms with Crippen molar-refractivity contribution in [2.24, 2.45) is 0 Å². The second-order valence-corrected chi connectivity index (χ2v) is 11.0. The second kappa shape index (κ2) is 15.2. The van der Waals surface area contributed by atoms with Crippen LogP contribution in [0.4, 0.5) is 0 Å². The van der Waals surface area contributed by atoms with Crippen LogP contribution in [0.2, 0.25) is 0 Å². The van der Waals surface area contributed by atoms with Gasteiger partial charge in [0, 0.05) is 13.0 Å². The number of methoxy groups -OCH3 is 1. The van der Waals surface area contributed by atoms with Gasteiger partial charge in [0.05, 0.1) is 25.9 Å². The summed E-state index contributed by atoms with van der Waals surface area (Å²) in [4.78, 5) is 24.6. The van der Waals surface area contributed by atoms with Crippen LogP contribution in [0, 0.1) is 0 Å². The third-order valence-electron chi connectivity index (χ3n) is 7.64. The number of aliphatic hydroxyl groups excluding tert-OH is 6. The standard InChI is InChI=1S/C29H40O16/c1-12-19(33)21(35)25(44-27-22(36)20(34)17(31)11-39-27)29(40-12)45-26-23(37)24(13(2)41-28(26)42-14(3)30)43-18(32)10-7-15-5-8-16(38-4)9-6-15/h5-10,12-13,17,19-29,31,33-37H,11H2,1-4H3. The molecule has 3 aliphatic rings. The van der Waals surface area contributed by atoms with Gasteiger partial charge in [0.2, 0.25) is 6.29 Å². The Morgan fingerprint density at radius 2 is 1.38 bits per heavy atom. The van der Waals surface area contributed by atoms with Crippen LogP contribution in [0.5, 0.6) is 5.75 Å². The maximum Gasteiger partial charge on any atom is 0.331 e. The zero-order valence-corrected chi connectivity index (χ0v) is 25.0. The molecule has 0 saturated carbocycles. The molecular weight excluding hydrogens is 604 g/mol. The monoisotopic (exact) mass is 644 g/mol. The van der Waals surface area contributed by atoms with Gasteiger partial charge in [0.25, 0.3) is 0 Å². The zero-order chi connectivity index (χ0) is 33.0. The van der Waals surface area contributed by atoms with Crippen molar-refractivity contribution in [3.8, 4) is 5.75 Å². The highest BCUT2D eigenvalue weighted by atomic mass is 16.8. The number of ether oxygens (including phenoxy) is 8. The molecule has 252 valence electrons. The Balaban J connectivity index is 1.53. The van der Waals surface area contributed by atoms with E-state index < -0.39 is 105 Å². The van der Waals surface area contributed by atoms with Crippen LogP contribution in [0.15, 0.2) is 30.3 Å². The molecule has 6 N–H and O–H groups in total. The predicted molar refractivity (Wildman–Crippen MR) is 148 cm³/mol. The first-order chi connectivity index (χ1) is 21.3. The van der Waals surface area contributed by atoms with E-state index in [1.165, 1.54) is 27.0 Å². The highest BCUT2D eigenvalue weighted by Crippen LogP contribution is 2.33. The molecule has 45 heavy (non-hydrogen) atoms. The first kappa shape index (κ1) is 35.1. The van der Waals surface area contributed by atoms with E-state index in [1.54, 1.807) is 24.3 Å². The summed E-state index contributed by atoms with van der Waals surface area (Å²) < 4.78 is 44.2. The molecule has 0 radical (unpaired) electrons. The van der Waals surface area contributed by atoms with E-state index in [1.807, 2.05) is 0 Å². The fourth-order valence-corrected chi connectivity index (χ4v) is 5.08. The van der Waals surface area contributed by atoms with Crippen molar-refractivity contribution in [2.75, 3.05) is 13.7 Å². The third kappa shape index (κ3) is 8.35. The first-order valence-corrected chi connectivity index (χ1v) is 14.3. The number of carbonyl (C=O) groups excluding carboxylic acids is 2. The molecule has 3 fully saturated rings. The Morgan fingerprint density at radius 3 is 2.02 bits per heavy atom. The molecule has 14 atom stereocenters. The predicted octanol–water partition coefficient (Wildman–Crippen LogP) is -2.03. The lowest BCUT2D eigenvalue weighted by Gasteiger charge is -2.47. The van der Waals surface area contributed by atoms with Gasteiger partial charge in [0.15, 0.2) is 24.8 Å². The third-order valence-corrected chi connectivity index (χ3v) is 7.64. The average Bonchev–Trinajstić information content (AvgIpc) is 3.00. The summed E-state index contributed by atoms with van der Waals surface area (Å²) in [5.41, 5.74) is 0.668. The van der Waals surface area contributed by atoms with Gasteiger partial charge < -0.3 is 68.5 Å². The van der Waals surface area contributed by atoms with E-state index >= 15 is 0 Å². The fourth-order valence-electron chi connectivity index (χ4n) is 5.08. The summed E-state index contributed by atoms with van der Waals surface area (Å²) >= 11 is 0. The van der Waals surface area contributed by atoms with Crippen molar-refractivity contribution in [3.05, 3.63) is 35.9 Å². The molecule has 3 heterocycles. The Bertz CT molecular complexity index is 1160. The molecule has 1 aromatic carbocycles. The smallest absolute Gasteiger partial charge is 0.331 e. The highest BCUT2D eigenvalue weighted by Gasteiger charge is 2.53. The Morgan fingerprint density at radius 1 is 0.756 bits per heavy atom. The van der Waals surface area contributed by atoms with Gasteiger partial charge in [-0.3, -0.25) is 4.79 Å². The van der Waals surface area contributed by atoms with Gasteiger partial charge in [-0.25, -0.2) is 4.79 Å². The molecule has 0 spiro atoms. The molecular formula is C29H40O16. The molecule has 0 aromatic heterocycles. The molecule has 14 unspecified atom stereocenters. The Kier molecular flexibility index (Phi) is 11.9. The summed E-state index contributed by atoms with van der Waals surface area (Å²) in [6.07, 6.45) is -18.4. The number of aliphatic hydroxyl groups is 6. The van der Waals surface area contributed by atoms with E-state index in [2.05, 4.69) is 0 Å². The van der Waals surface area contributed by atoms with Crippen molar-refractivity contribution in [2.45, 2.75) is 107 Å². The van der Waals surface area contributed by atoms with Crippen LogP contribution in [-0.2, 0) is 42.7 Å². The lowest BCUT2D eigenvalue weighted by atomic mass is 9.97. The molecule has 3 saturated heterocycles. The molecule has 0 amide bonds. The average molecular weight is 645 g/mol. The molecule has 0 bridgehead atoms. The number of hydrogen-bond acceptors (Lipinski definition) is 16. The Labute approximate surface area is 258 Å². The van der Waals surface area contributed by atoms with Crippen molar-refractivity contribution >= 4 is 18.0 Å². The van der Waals surface area contributed by atoms with E-state index in [9.17, 15) is 40.2 Å². The van der Waals surface area contributed by atoms with E-state index in [-0.39, 0.29) is 0 Å². The number of hydrogen-bond donors (Lipinski definition) is 6. The van der Waals surface area contributed by atoms with Crippen molar-refractivity contribution in [3.63, 3.8) is 0 Å². The minimum absolute atomic E-state index is 0.418. The van der Waals surface area contributed by atoms with Crippen LogP contribution < -0.4 is 4.74 Å². The second-order valence-electron chi connectivity index (χ2n) is 11.0. The maximum atomic E-state index is 12.7. The van der Waals surface area contributed by atoms with Crippen LogP contribution >= 0.6 is 0 Å². The topological polar surface area (TPSA) is 229 Å². The van der Waals surface area contributed by atoms with E-state index in [4.69, 9.17) is 37.9 Å². The SMILES string of the molecule is COc1ccc(C=CC(=O)OC2C(C)OC(OC(C)=O)C(OC3OC(C)C(O)C(O)C3OC3OCC(O)C(O)C3O)C2O)cc1. The lowest BCUT2D eigenvalue weighted by Crippen LogP contribution is -2.65. The minimum Gasteiger partial charge on any atom is -0.497 e. The van der Waals surface area contributed by atoms with Gasteiger partial charge >= 0.3 is 11.9 Å². The number of rotatable bonds is 9. The van der Waals surface area contributed by atoms with E-state index in [0.717, 1.165) is 13.0 Å². The summed E-state index contributed by atoms with van der Waals surface area (Å²) in [6.45, 7) is 3.58. The molecule has 3 aliphatic heterocycles. The minimum atomic E-state index is -1.76. The molecule has 4 rings (SSSR count). The lowest BCUT2D eigenvalue weighted by molar-refractivity contribution is -0.382. The van der Waals surface area contributed by atoms with Crippen molar-refractivity contribution in [1.82, 2.24) is 0 Å². The zero-order valence-electron chi connectivity index (χ0n) is 25.0. The molecule has 1 aromatic rings. The quantitative estimate of drug-likeness (QED) is 0.126. The number of benzene rings is 1. The van der Waals surface area contributed by atoms with Gasteiger partial charge in [-0.15, -0.1) is 0 Å². The van der Waals surface area contributed by atoms with Crippen LogP contribution in [-0.4, -0.2) is 142 Å². The van der Waals surface area contributed by atoms with Crippen LogP contribution in [0.25, 0.3) is 6.08 Å². The number of esters is 2. The van der Waals surface area contributed by atoms with Gasteiger partial charge in [-0.2, -0.15) is 0 Å². The summed E-state index contributed by atoms with van der Waals surface area (Å²) in [6, 6.07) is 6.84. The molecule has 16 nitrogen and oxygen atoms in total. The Hall–Kier alpha value is -2.74. The summed E-state index contributed by atoms with van der Waals surface area (Å²) in [5.74, 6) is -0.996. The largest absolute Gasteiger partial charge is 0.497 e. The maximum absolute atomic E-state index is 12.7. The van der Waals surface area contributed by atoms with Crippen molar-refractivity contribution in [1.29, 1.82) is 0 Å². The molecule has 16 heteroatoms. The molecule has 0 aliphatic carbocycles. The summed E-state index contributed by atoms with van der Waals surface area (Å²) in [5, 5.41) is 62.9. The van der Waals surface area contributed by atoms with Gasteiger partial charge in [-0.1, -0.05) is 12.1 Å². The first-order valence-electron chi connectivity index (χ1n) is 14.3. The fraction of sp³-hybridized carbons (Fsp3) is 0.655. The summed E-state index contributed by atoms with van der Waals surface area (Å²) in [7, 11) is 1.52. The van der Waals surface area contributed by atoms with Crippen LogP contribution in [0.1, 0.15) is 26.3 Å². The van der Waals surface area contributed by atoms with Crippen molar-refractivity contribution < 1.29 is 78.1 Å².